The molecule has 35 heavy (non-hydrogen) atoms. The van der Waals surface area contributed by atoms with Gasteiger partial charge in [0.15, 0.2) is 11.5 Å². The molecule has 2 aromatic carbocycles. The number of hydrogen-bond acceptors (Lipinski definition) is 7. The summed E-state index contributed by atoms with van der Waals surface area (Å²) in [6.07, 6.45) is 9.05. The lowest BCUT2D eigenvalue weighted by atomic mass is 10.1. The minimum absolute atomic E-state index is 0.179. The van der Waals surface area contributed by atoms with Crippen LogP contribution in [0.15, 0.2) is 67.0 Å². The van der Waals surface area contributed by atoms with E-state index in [0.29, 0.717) is 18.0 Å². The first kappa shape index (κ1) is 24.5. The standard InChI is InChI=1S/C26H29N3O5S/c1-33-24-14-13-22(16-25(24)34-23-7-3-4-8-23)29(18-19-6-5-15-27-17-19)21-11-9-20(10-12-21)26(30)28-35(2,31)32/h5-6,9-17,23H,3-4,7-8,18H2,1-2H3,(H,28,30). The Hall–Kier alpha value is -3.59. The third-order valence-electron chi connectivity index (χ3n) is 5.84. The lowest BCUT2D eigenvalue weighted by Crippen LogP contribution is -2.29. The van der Waals surface area contributed by atoms with Crippen LogP contribution in [-0.2, 0) is 16.6 Å². The Labute approximate surface area is 206 Å². The Balaban J connectivity index is 1.67. The highest BCUT2D eigenvalue weighted by molar-refractivity contribution is 7.89. The van der Waals surface area contributed by atoms with Crippen LogP contribution in [0.1, 0.15) is 41.6 Å². The highest BCUT2D eigenvalue weighted by Gasteiger charge is 2.20. The van der Waals surface area contributed by atoms with Gasteiger partial charge >= 0.3 is 0 Å². The van der Waals surface area contributed by atoms with Crippen molar-refractivity contribution in [1.29, 1.82) is 0 Å². The van der Waals surface area contributed by atoms with E-state index in [1.165, 1.54) is 12.8 Å². The first-order valence-electron chi connectivity index (χ1n) is 11.5. The van der Waals surface area contributed by atoms with Gasteiger partial charge in [0.2, 0.25) is 10.0 Å². The normalized spacial score (nSPS) is 13.9. The first-order valence-corrected chi connectivity index (χ1v) is 13.3. The maximum Gasteiger partial charge on any atom is 0.264 e. The molecule has 0 radical (unpaired) electrons. The third kappa shape index (κ3) is 6.51. The largest absolute Gasteiger partial charge is 0.493 e. The lowest BCUT2D eigenvalue weighted by molar-refractivity contribution is 0.0981. The highest BCUT2D eigenvalue weighted by Crippen LogP contribution is 2.37. The van der Waals surface area contributed by atoms with Crippen molar-refractivity contribution in [3.8, 4) is 11.5 Å². The van der Waals surface area contributed by atoms with E-state index in [4.69, 9.17) is 9.47 Å². The van der Waals surface area contributed by atoms with Crippen LogP contribution in [0.4, 0.5) is 11.4 Å². The maximum absolute atomic E-state index is 12.2. The predicted molar refractivity (Wildman–Crippen MR) is 135 cm³/mol. The van der Waals surface area contributed by atoms with E-state index in [9.17, 15) is 13.2 Å². The van der Waals surface area contributed by atoms with Gasteiger partial charge in [-0.05, 0) is 73.7 Å². The number of anilines is 2. The van der Waals surface area contributed by atoms with E-state index < -0.39 is 15.9 Å². The molecule has 1 N–H and O–H groups in total. The predicted octanol–water partition coefficient (Wildman–Crippen LogP) is 4.44. The van der Waals surface area contributed by atoms with Crippen molar-refractivity contribution in [3.63, 3.8) is 0 Å². The molecule has 9 heteroatoms. The van der Waals surface area contributed by atoms with Crippen LogP contribution in [-0.4, -0.2) is 38.8 Å². The smallest absolute Gasteiger partial charge is 0.264 e. The molecule has 1 amide bonds. The minimum atomic E-state index is -3.65. The Morgan fingerprint density at radius 3 is 2.40 bits per heavy atom. The molecule has 1 fully saturated rings. The Morgan fingerprint density at radius 2 is 1.77 bits per heavy atom. The van der Waals surface area contributed by atoms with Gasteiger partial charge in [-0.25, -0.2) is 13.1 Å². The van der Waals surface area contributed by atoms with Crippen molar-refractivity contribution in [2.75, 3.05) is 18.3 Å². The number of pyridine rings is 1. The number of hydrogen-bond donors (Lipinski definition) is 1. The van der Waals surface area contributed by atoms with E-state index in [2.05, 4.69) is 9.88 Å². The van der Waals surface area contributed by atoms with Crippen LogP contribution in [0.5, 0.6) is 11.5 Å². The molecule has 0 saturated heterocycles. The average molecular weight is 496 g/mol. The molecule has 4 rings (SSSR count). The maximum atomic E-state index is 12.2. The van der Waals surface area contributed by atoms with Crippen molar-refractivity contribution in [3.05, 3.63) is 78.1 Å². The van der Waals surface area contributed by atoms with E-state index in [0.717, 1.165) is 36.0 Å². The van der Waals surface area contributed by atoms with Crippen molar-refractivity contribution >= 4 is 27.3 Å². The van der Waals surface area contributed by atoms with E-state index in [1.54, 1.807) is 43.8 Å². The van der Waals surface area contributed by atoms with Gasteiger partial charge in [0.05, 0.1) is 19.5 Å². The van der Waals surface area contributed by atoms with Gasteiger partial charge in [-0.2, -0.15) is 0 Å². The summed E-state index contributed by atoms with van der Waals surface area (Å²) < 4.78 is 36.7. The third-order valence-corrected chi connectivity index (χ3v) is 6.39. The van der Waals surface area contributed by atoms with Crippen molar-refractivity contribution in [2.45, 2.75) is 38.3 Å². The van der Waals surface area contributed by atoms with Gasteiger partial charge < -0.3 is 14.4 Å². The Bertz CT molecular complexity index is 1260. The summed E-state index contributed by atoms with van der Waals surface area (Å²) in [4.78, 5) is 18.5. The van der Waals surface area contributed by atoms with Crippen LogP contribution < -0.4 is 19.1 Å². The van der Waals surface area contributed by atoms with Crippen molar-refractivity contribution in [2.24, 2.45) is 0 Å². The molecule has 184 valence electrons. The van der Waals surface area contributed by atoms with Gasteiger partial charge in [0.1, 0.15) is 0 Å². The van der Waals surface area contributed by atoms with Gasteiger partial charge in [-0.15, -0.1) is 0 Å². The quantitative estimate of drug-likeness (QED) is 0.469. The molecule has 1 heterocycles. The lowest BCUT2D eigenvalue weighted by Gasteiger charge is -2.27. The molecule has 0 aliphatic heterocycles. The number of ether oxygens (including phenoxy) is 2. The number of carbonyl (C=O) groups is 1. The van der Waals surface area contributed by atoms with Crippen LogP contribution in [0.2, 0.25) is 0 Å². The molecule has 1 aromatic heterocycles. The fraction of sp³-hybridized carbons (Fsp3) is 0.308. The molecule has 0 bridgehead atoms. The number of carbonyl (C=O) groups excluding carboxylic acids is 1. The molecule has 1 aliphatic rings. The van der Waals surface area contributed by atoms with Gasteiger partial charge in [-0.3, -0.25) is 9.78 Å². The zero-order valence-electron chi connectivity index (χ0n) is 19.8. The Morgan fingerprint density at radius 1 is 1.06 bits per heavy atom. The summed E-state index contributed by atoms with van der Waals surface area (Å²) in [5.74, 6) is 0.696. The summed E-state index contributed by atoms with van der Waals surface area (Å²) in [6, 6.07) is 16.5. The molecule has 0 spiro atoms. The molecule has 1 aliphatic carbocycles. The number of sulfonamides is 1. The fourth-order valence-electron chi connectivity index (χ4n) is 4.14. The highest BCUT2D eigenvalue weighted by atomic mass is 32.2. The molecule has 8 nitrogen and oxygen atoms in total. The zero-order chi connectivity index (χ0) is 24.8. The van der Waals surface area contributed by atoms with E-state index >= 15 is 0 Å². The number of methoxy groups -OCH3 is 1. The summed E-state index contributed by atoms with van der Waals surface area (Å²) >= 11 is 0. The number of benzene rings is 2. The monoisotopic (exact) mass is 495 g/mol. The zero-order valence-corrected chi connectivity index (χ0v) is 20.6. The van der Waals surface area contributed by atoms with Gasteiger partial charge in [0, 0.05) is 41.9 Å². The second kappa shape index (κ2) is 10.8. The fourth-order valence-corrected chi connectivity index (χ4v) is 4.59. The van der Waals surface area contributed by atoms with E-state index in [-0.39, 0.29) is 11.7 Å². The average Bonchev–Trinajstić information content (AvgIpc) is 3.35. The molecule has 0 atom stereocenters. The number of rotatable bonds is 9. The van der Waals surface area contributed by atoms with Crippen LogP contribution in [0.3, 0.4) is 0 Å². The van der Waals surface area contributed by atoms with E-state index in [1.807, 2.05) is 35.1 Å². The molecular formula is C26H29N3O5S. The number of nitrogens with zero attached hydrogens (tertiary/aromatic N) is 2. The minimum Gasteiger partial charge on any atom is -0.493 e. The first-order chi connectivity index (χ1) is 16.8. The number of aromatic nitrogens is 1. The van der Waals surface area contributed by atoms with Gasteiger partial charge in [-0.1, -0.05) is 6.07 Å². The SMILES string of the molecule is COc1ccc(N(Cc2cccnc2)c2ccc(C(=O)NS(C)(=O)=O)cc2)cc1OC1CCCC1. The second-order valence-corrected chi connectivity index (χ2v) is 10.3. The molecular weight excluding hydrogens is 466 g/mol. The molecule has 0 unspecified atom stereocenters. The van der Waals surface area contributed by atoms with Crippen LogP contribution in [0, 0.1) is 0 Å². The summed E-state index contributed by atoms with van der Waals surface area (Å²) in [5, 5.41) is 0. The summed E-state index contributed by atoms with van der Waals surface area (Å²) in [6.45, 7) is 0.526. The van der Waals surface area contributed by atoms with Crippen molar-refractivity contribution < 1.29 is 22.7 Å². The second-order valence-electron chi connectivity index (χ2n) is 8.56. The molecule has 3 aromatic rings. The Kier molecular flexibility index (Phi) is 7.55. The van der Waals surface area contributed by atoms with Crippen LogP contribution in [0.25, 0.3) is 0 Å². The molecule has 1 saturated carbocycles. The number of nitrogens with one attached hydrogen (secondary N) is 1. The number of amides is 1. The van der Waals surface area contributed by atoms with Gasteiger partial charge in [0.25, 0.3) is 5.91 Å². The summed E-state index contributed by atoms with van der Waals surface area (Å²) in [5.41, 5.74) is 2.96. The van der Waals surface area contributed by atoms with Crippen molar-refractivity contribution in [1.82, 2.24) is 9.71 Å². The topological polar surface area (TPSA) is 97.8 Å². The summed E-state index contributed by atoms with van der Waals surface area (Å²) in [7, 11) is -2.02. The van der Waals surface area contributed by atoms with Crippen LogP contribution >= 0.6 is 0 Å².